The molecule has 0 aliphatic carbocycles. The molecule has 0 bridgehead atoms. The lowest BCUT2D eigenvalue weighted by Crippen LogP contribution is -2.58. The van der Waals surface area contributed by atoms with Gasteiger partial charge in [0, 0.05) is 25.7 Å². The average molecular weight is 330 g/mol. The number of carbonyl (C=O) groups is 2. The van der Waals surface area contributed by atoms with Crippen molar-refractivity contribution < 1.29 is 14.0 Å². The number of piperazine rings is 1. The van der Waals surface area contributed by atoms with Crippen LogP contribution in [0.1, 0.15) is 26.2 Å². The molecule has 1 aliphatic heterocycles. The smallest absolute Gasteiger partial charge is 0.322 e. The maximum Gasteiger partial charge on any atom is 0.322 e. The summed E-state index contributed by atoms with van der Waals surface area (Å²) in [6.45, 7) is 6.83. The van der Waals surface area contributed by atoms with Crippen molar-refractivity contribution >= 4 is 28.7 Å². The van der Waals surface area contributed by atoms with E-state index in [0.717, 1.165) is 0 Å². The van der Waals surface area contributed by atoms with Crippen LogP contribution in [0.5, 0.6) is 0 Å². The van der Waals surface area contributed by atoms with Crippen molar-refractivity contribution in [1.29, 1.82) is 0 Å². The molecule has 1 saturated heterocycles. The van der Waals surface area contributed by atoms with Crippen molar-refractivity contribution in [3.63, 3.8) is 0 Å². The predicted molar refractivity (Wildman–Crippen MR) is 90.7 cm³/mol. The Morgan fingerprint density at radius 3 is 3.04 bits per heavy atom. The first kappa shape index (κ1) is 16.3. The number of hydrogen-bond donors (Lipinski definition) is 2. The molecule has 0 spiro atoms. The van der Waals surface area contributed by atoms with Gasteiger partial charge in [-0.1, -0.05) is 13.8 Å². The van der Waals surface area contributed by atoms with Gasteiger partial charge >= 0.3 is 6.03 Å². The molecule has 1 aliphatic rings. The molecule has 2 aromatic rings. The van der Waals surface area contributed by atoms with Gasteiger partial charge in [-0.2, -0.15) is 0 Å². The topological polar surface area (TPSA) is 87.5 Å². The second-order valence-corrected chi connectivity index (χ2v) is 6.48. The van der Waals surface area contributed by atoms with E-state index in [9.17, 15) is 9.59 Å². The fourth-order valence-electron chi connectivity index (χ4n) is 2.95. The summed E-state index contributed by atoms with van der Waals surface area (Å²) in [7, 11) is 0. The summed E-state index contributed by atoms with van der Waals surface area (Å²) < 4.78 is 5.43. The average Bonchev–Trinajstić information content (AvgIpc) is 2.88. The number of nitrogens with zero attached hydrogens (tertiary/aromatic N) is 2. The Balaban J connectivity index is 1.77. The second kappa shape index (κ2) is 6.51. The predicted octanol–water partition coefficient (Wildman–Crippen LogP) is 2.51. The summed E-state index contributed by atoms with van der Waals surface area (Å²) in [5, 5.41) is 5.69. The number of carbonyl (C=O) groups excluding carboxylic acids is 2. The first-order valence-electron chi connectivity index (χ1n) is 8.16. The Labute approximate surface area is 140 Å². The number of urea groups is 1. The third-order valence-electron chi connectivity index (χ3n) is 4.03. The van der Waals surface area contributed by atoms with E-state index in [1.807, 2.05) is 13.8 Å². The van der Waals surface area contributed by atoms with Crippen LogP contribution >= 0.6 is 0 Å². The lowest BCUT2D eigenvalue weighted by molar-refractivity contribution is -0.128. The Bertz CT molecular complexity index is 768. The third-order valence-corrected chi connectivity index (χ3v) is 4.03. The maximum absolute atomic E-state index is 12.6. The molecule has 0 saturated carbocycles. The Morgan fingerprint density at radius 1 is 1.50 bits per heavy atom. The molecule has 3 rings (SSSR count). The molecule has 7 nitrogen and oxygen atoms in total. The number of aryl methyl sites for hydroxylation is 1. The van der Waals surface area contributed by atoms with Crippen LogP contribution in [0.15, 0.2) is 22.6 Å². The molecular weight excluding hydrogens is 308 g/mol. The normalized spacial score (nSPS) is 18.1. The second-order valence-electron chi connectivity index (χ2n) is 6.48. The molecule has 2 N–H and O–H groups in total. The number of hydrogen-bond acceptors (Lipinski definition) is 4. The molecule has 128 valence electrons. The minimum Gasteiger partial charge on any atom is -0.441 e. The Hall–Kier alpha value is -2.57. The number of fused-ring (bicyclic) bond motifs is 1. The minimum atomic E-state index is -0.434. The highest BCUT2D eigenvalue weighted by Crippen LogP contribution is 2.21. The number of benzene rings is 1. The van der Waals surface area contributed by atoms with Gasteiger partial charge in [-0.25, -0.2) is 9.78 Å². The Kier molecular flexibility index (Phi) is 4.42. The van der Waals surface area contributed by atoms with Crippen molar-refractivity contribution in [2.75, 3.05) is 18.4 Å². The summed E-state index contributed by atoms with van der Waals surface area (Å²) in [5.74, 6) is 0.814. The van der Waals surface area contributed by atoms with Crippen LogP contribution in [-0.4, -0.2) is 41.0 Å². The van der Waals surface area contributed by atoms with E-state index < -0.39 is 6.04 Å². The molecule has 7 heteroatoms. The van der Waals surface area contributed by atoms with Crippen LogP contribution in [-0.2, 0) is 4.79 Å². The molecule has 3 amide bonds. The van der Waals surface area contributed by atoms with Crippen LogP contribution < -0.4 is 10.6 Å². The Morgan fingerprint density at radius 2 is 2.29 bits per heavy atom. The molecule has 24 heavy (non-hydrogen) atoms. The quantitative estimate of drug-likeness (QED) is 0.905. The van der Waals surface area contributed by atoms with E-state index in [4.69, 9.17) is 4.42 Å². The van der Waals surface area contributed by atoms with E-state index in [-0.39, 0.29) is 11.9 Å². The maximum atomic E-state index is 12.6. The van der Waals surface area contributed by atoms with Crippen LogP contribution in [0.25, 0.3) is 11.1 Å². The van der Waals surface area contributed by atoms with Crippen LogP contribution in [0.4, 0.5) is 10.5 Å². The lowest BCUT2D eigenvalue weighted by Gasteiger charge is -2.35. The number of anilines is 1. The van der Waals surface area contributed by atoms with Crippen molar-refractivity contribution in [3.05, 3.63) is 24.1 Å². The van der Waals surface area contributed by atoms with Crippen LogP contribution in [0, 0.1) is 12.8 Å². The van der Waals surface area contributed by atoms with Gasteiger partial charge in [-0.15, -0.1) is 0 Å². The highest BCUT2D eigenvalue weighted by atomic mass is 16.3. The van der Waals surface area contributed by atoms with E-state index in [2.05, 4.69) is 15.6 Å². The fourth-order valence-corrected chi connectivity index (χ4v) is 2.95. The number of aromatic nitrogens is 1. The molecule has 1 fully saturated rings. The monoisotopic (exact) mass is 330 g/mol. The number of rotatable bonds is 3. The fraction of sp³-hybridized carbons (Fsp3) is 0.471. The van der Waals surface area contributed by atoms with Gasteiger partial charge in [0.05, 0.1) is 0 Å². The first-order valence-corrected chi connectivity index (χ1v) is 8.16. The van der Waals surface area contributed by atoms with Crippen molar-refractivity contribution in [2.45, 2.75) is 33.2 Å². The van der Waals surface area contributed by atoms with E-state index in [0.29, 0.717) is 48.1 Å². The SMILES string of the molecule is Cc1nc2cc(NC(=O)N3CCNC(=O)[C@@H]3CC(C)C)ccc2o1. The van der Waals surface area contributed by atoms with E-state index >= 15 is 0 Å². The molecule has 0 unspecified atom stereocenters. The number of oxazole rings is 1. The van der Waals surface area contributed by atoms with Gasteiger partial charge in [0.1, 0.15) is 11.6 Å². The minimum absolute atomic E-state index is 0.0901. The zero-order valence-electron chi connectivity index (χ0n) is 14.1. The number of nitrogens with one attached hydrogen (secondary N) is 2. The molecule has 1 aromatic heterocycles. The molecular formula is C17H22N4O3. The van der Waals surface area contributed by atoms with Gasteiger partial charge < -0.3 is 20.0 Å². The summed E-state index contributed by atoms with van der Waals surface area (Å²) in [6, 6.07) is 4.61. The van der Waals surface area contributed by atoms with Crippen molar-refractivity contribution in [1.82, 2.24) is 15.2 Å². The van der Waals surface area contributed by atoms with E-state index in [1.54, 1.807) is 30.0 Å². The van der Waals surface area contributed by atoms with Gasteiger partial charge in [0.2, 0.25) is 5.91 Å². The zero-order chi connectivity index (χ0) is 17.3. The van der Waals surface area contributed by atoms with Gasteiger partial charge in [-0.05, 0) is 30.5 Å². The molecule has 1 aromatic carbocycles. The van der Waals surface area contributed by atoms with Crippen molar-refractivity contribution in [3.8, 4) is 0 Å². The summed E-state index contributed by atoms with van der Waals surface area (Å²) in [5.41, 5.74) is 2.01. The van der Waals surface area contributed by atoms with Crippen LogP contribution in [0.3, 0.4) is 0 Å². The standard InChI is InChI=1S/C17H22N4O3/c1-10(2)8-14-16(22)18-6-7-21(14)17(23)20-12-4-5-15-13(9-12)19-11(3)24-15/h4-5,9-10,14H,6-8H2,1-3H3,(H,18,22)(H,20,23)/t14-/m0/s1. The molecule has 1 atom stereocenters. The first-order chi connectivity index (χ1) is 11.4. The summed E-state index contributed by atoms with van der Waals surface area (Å²) >= 11 is 0. The van der Waals surface area contributed by atoms with Crippen LogP contribution in [0.2, 0.25) is 0 Å². The summed E-state index contributed by atoms with van der Waals surface area (Å²) in [4.78, 5) is 30.6. The molecule has 0 radical (unpaired) electrons. The molecule has 2 heterocycles. The van der Waals surface area contributed by atoms with Gasteiger partial charge in [-0.3, -0.25) is 4.79 Å². The largest absolute Gasteiger partial charge is 0.441 e. The van der Waals surface area contributed by atoms with Crippen molar-refractivity contribution in [2.24, 2.45) is 5.92 Å². The highest BCUT2D eigenvalue weighted by molar-refractivity contribution is 5.95. The van der Waals surface area contributed by atoms with E-state index in [1.165, 1.54) is 0 Å². The van der Waals surface area contributed by atoms with Gasteiger partial charge in [0.15, 0.2) is 11.5 Å². The third kappa shape index (κ3) is 3.34. The van der Waals surface area contributed by atoms with Gasteiger partial charge in [0.25, 0.3) is 0 Å². The number of amides is 3. The summed E-state index contributed by atoms with van der Waals surface area (Å²) in [6.07, 6.45) is 0.640. The zero-order valence-corrected chi connectivity index (χ0v) is 14.1. The highest BCUT2D eigenvalue weighted by Gasteiger charge is 2.33. The lowest BCUT2D eigenvalue weighted by atomic mass is 10.0.